The Morgan fingerprint density at radius 1 is 1.19 bits per heavy atom. The highest BCUT2D eigenvalue weighted by atomic mass is 127. The zero-order valence-corrected chi connectivity index (χ0v) is 17.1. The Morgan fingerprint density at radius 3 is 2.81 bits per heavy atom. The first kappa shape index (κ1) is 20.1. The van der Waals surface area contributed by atoms with Crippen LogP contribution in [0.3, 0.4) is 0 Å². The Balaban J connectivity index is 0.00000243. The van der Waals surface area contributed by atoms with Crippen LogP contribution in [0.15, 0.2) is 47.6 Å². The summed E-state index contributed by atoms with van der Waals surface area (Å²) in [6.07, 6.45) is 2.66. The van der Waals surface area contributed by atoms with Crippen molar-refractivity contribution in [1.29, 1.82) is 0 Å². The van der Waals surface area contributed by atoms with Crippen molar-refractivity contribution < 1.29 is 4.39 Å². The van der Waals surface area contributed by atoms with Crippen LogP contribution in [-0.4, -0.2) is 34.2 Å². The molecule has 0 saturated heterocycles. The zero-order chi connectivity index (χ0) is 17.6. The smallest absolute Gasteiger partial charge is 0.191 e. The third-order valence-corrected chi connectivity index (χ3v) is 3.95. The summed E-state index contributed by atoms with van der Waals surface area (Å²) in [6, 6.07) is 11.0. The predicted molar refractivity (Wildman–Crippen MR) is 111 cm³/mol. The van der Waals surface area contributed by atoms with Crippen molar-refractivity contribution in [2.45, 2.75) is 19.9 Å². The largest absolute Gasteiger partial charge is 0.356 e. The average Bonchev–Trinajstić information content (AvgIpc) is 3.04. The average molecular weight is 468 g/mol. The molecule has 0 aliphatic carbocycles. The number of rotatable bonds is 5. The lowest BCUT2D eigenvalue weighted by Gasteiger charge is -2.12. The number of benzene rings is 1. The molecule has 0 fully saturated rings. The molecule has 0 unspecified atom stereocenters. The summed E-state index contributed by atoms with van der Waals surface area (Å²) >= 11 is 0. The van der Waals surface area contributed by atoms with Gasteiger partial charge in [-0.2, -0.15) is 0 Å². The Bertz CT molecular complexity index is 892. The van der Waals surface area contributed by atoms with E-state index in [-0.39, 0.29) is 29.8 Å². The first-order chi connectivity index (χ1) is 12.2. The molecule has 0 radical (unpaired) electrons. The first-order valence-corrected chi connectivity index (χ1v) is 8.15. The maximum Gasteiger partial charge on any atom is 0.191 e. The number of hydrogen-bond donors (Lipinski definition) is 2. The minimum absolute atomic E-state index is 0. The molecule has 6 nitrogen and oxygen atoms in total. The topological polar surface area (TPSA) is 66.6 Å². The van der Waals surface area contributed by atoms with Crippen molar-refractivity contribution in [3.63, 3.8) is 0 Å². The predicted octanol–water partition coefficient (Wildman–Crippen LogP) is 2.70. The lowest BCUT2D eigenvalue weighted by atomic mass is 10.1. The minimum atomic E-state index is -0.194. The molecular weight excluding hydrogens is 446 g/mol. The molecule has 3 rings (SSSR count). The highest BCUT2D eigenvalue weighted by Gasteiger charge is 2.05. The Labute approximate surface area is 169 Å². The SMILES string of the molecule is CN=C(NCCc1nnc2ccccn12)NCc1ccc(C)c(F)c1.I. The second-order valence-electron chi connectivity index (χ2n) is 5.73. The number of nitrogens with one attached hydrogen (secondary N) is 2. The number of aromatic nitrogens is 3. The van der Waals surface area contributed by atoms with E-state index in [1.54, 1.807) is 20.0 Å². The number of nitrogens with zero attached hydrogens (tertiary/aromatic N) is 4. The van der Waals surface area contributed by atoms with Gasteiger partial charge in [-0.25, -0.2) is 4.39 Å². The third-order valence-electron chi connectivity index (χ3n) is 3.95. The Kier molecular flexibility index (Phi) is 7.31. The second kappa shape index (κ2) is 9.46. The normalized spacial score (nSPS) is 11.3. The van der Waals surface area contributed by atoms with Crippen LogP contribution in [0.1, 0.15) is 17.0 Å². The van der Waals surface area contributed by atoms with Crippen molar-refractivity contribution in [1.82, 2.24) is 25.2 Å². The Hall–Kier alpha value is -2.23. The lowest BCUT2D eigenvalue weighted by molar-refractivity contribution is 0.615. The molecular formula is C18H22FIN6. The quantitative estimate of drug-likeness (QED) is 0.344. The summed E-state index contributed by atoms with van der Waals surface area (Å²) in [5.41, 5.74) is 2.35. The van der Waals surface area contributed by atoms with Crippen molar-refractivity contribution in [2.75, 3.05) is 13.6 Å². The number of fused-ring (bicyclic) bond motifs is 1. The van der Waals surface area contributed by atoms with Gasteiger partial charge in [0, 0.05) is 32.8 Å². The van der Waals surface area contributed by atoms with E-state index >= 15 is 0 Å². The van der Waals surface area contributed by atoms with E-state index in [1.165, 1.54) is 6.07 Å². The lowest BCUT2D eigenvalue weighted by Crippen LogP contribution is -2.38. The van der Waals surface area contributed by atoms with E-state index in [2.05, 4.69) is 25.8 Å². The number of aryl methyl sites for hydroxylation is 1. The van der Waals surface area contributed by atoms with Gasteiger partial charge in [0.25, 0.3) is 0 Å². The molecule has 8 heteroatoms. The number of pyridine rings is 1. The zero-order valence-electron chi connectivity index (χ0n) is 14.7. The van der Waals surface area contributed by atoms with Gasteiger partial charge in [0.2, 0.25) is 0 Å². The van der Waals surface area contributed by atoms with E-state index in [4.69, 9.17) is 0 Å². The van der Waals surface area contributed by atoms with Gasteiger partial charge in [-0.05, 0) is 36.2 Å². The highest BCUT2D eigenvalue weighted by Crippen LogP contribution is 2.08. The molecule has 2 heterocycles. The van der Waals surface area contributed by atoms with Gasteiger partial charge >= 0.3 is 0 Å². The van der Waals surface area contributed by atoms with Crippen LogP contribution in [0.25, 0.3) is 5.65 Å². The van der Waals surface area contributed by atoms with Crippen LogP contribution in [0.4, 0.5) is 4.39 Å². The van der Waals surface area contributed by atoms with E-state index in [9.17, 15) is 4.39 Å². The third kappa shape index (κ3) is 4.90. The molecule has 0 atom stereocenters. The van der Waals surface area contributed by atoms with E-state index in [0.717, 1.165) is 17.0 Å². The summed E-state index contributed by atoms with van der Waals surface area (Å²) in [7, 11) is 1.71. The standard InChI is InChI=1S/C18H21FN6.HI/c1-13-6-7-14(11-15(13)19)12-22-18(20-2)21-9-8-17-24-23-16-5-3-4-10-25(16)17;/h3-7,10-11H,8-9,12H2,1-2H3,(H2,20,21,22);1H. The summed E-state index contributed by atoms with van der Waals surface area (Å²) in [5.74, 6) is 1.36. The molecule has 0 bridgehead atoms. The summed E-state index contributed by atoms with van der Waals surface area (Å²) in [5, 5.41) is 14.7. The van der Waals surface area contributed by atoms with Crippen LogP contribution in [0.5, 0.6) is 0 Å². The molecule has 2 aromatic heterocycles. The highest BCUT2D eigenvalue weighted by molar-refractivity contribution is 14.0. The number of halogens is 2. The summed E-state index contributed by atoms with van der Waals surface area (Å²) < 4.78 is 15.5. The van der Waals surface area contributed by atoms with Gasteiger partial charge in [-0.1, -0.05) is 18.2 Å². The molecule has 138 valence electrons. The minimum Gasteiger partial charge on any atom is -0.356 e. The van der Waals surface area contributed by atoms with Crippen molar-refractivity contribution in [3.8, 4) is 0 Å². The summed E-state index contributed by atoms with van der Waals surface area (Å²) in [6.45, 7) is 2.92. The van der Waals surface area contributed by atoms with E-state index < -0.39 is 0 Å². The van der Waals surface area contributed by atoms with Gasteiger partial charge in [-0.15, -0.1) is 34.2 Å². The molecule has 26 heavy (non-hydrogen) atoms. The fourth-order valence-electron chi connectivity index (χ4n) is 2.51. The van der Waals surface area contributed by atoms with Crippen LogP contribution >= 0.6 is 24.0 Å². The molecule has 0 spiro atoms. The first-order valence-electron chi connectivity index (χ1n) is 8.15. The van der Waals surface area contributed by atoms with Crippen LogP contribution in [0, 0.1) is 12.7 Å². The molecule has 0 aliphatic heterocycles. The Morgan fingerprint density at radius 2 is 2.04 bits per heavy atom. The number of aliphatic imine (C=N–C) groups is 1. The van der Waals surface area contributed by atoms with E-state index in [0.29, 0.717) is 31.0 Å². The van der Waals surface area contributed by atoms with Crippen LogP contribution < -0.4 is 10.6 Å². The molecule has 1 aromatic carbocycles. The number of guanidine groups is 1. The van der Waals surface area contributed by atoms with Gasteiger partial charge < -0.3 is 10.6 Å². The maximum absolute atomic E-state index is 13.6. The molecule has 2 N–H and O–H groups in total. The molecule has 0 saturated carbocycles. The number of hydrogen-bond acceptors (Lipinski definition) is 3. The monoisotopic (exact) mass is 468 g/mol. The van der Waals surface area contributed by atoms with Gasteiger partial charge in [0.05, 0.1) is 0 Å². The van der Waals surface area contributed by atoms with Crippen LogP contribution in [0.2, 0.25) is 0 Å². The van der Waals surface area contributed by atoms with Crippen molar-refractivity contribution in [3.05, 3.63) is 65.4 Å². The fraction of sp³-hybridized carbons (Fsp3) is 0.278. The molecule has 0 aliphatic rings. The summed E-state index contributed by atoms with van der Waals surface area (Å²) in [4.78, 5) is 4.18. The van der Waals surface area contributed by atoms with E-state index in [1.807, 2.05) is 34.9 Å². The van der Waals surface area contributed by atoms with Crippen LogP contribution in [-0.2, 0) is 13.0 Å². The molecule has 3 aromatic rings. The van der Waals surface area contributed by atoms with Crippen molar-refractivity contribution >= 4 is 35.6 Å². The van der Waals surface area contributed by atoms with Gasteiger partial charge in [0.1, 0.15) is 11.6 Å². The maximum atomic E-state index is 13.6. The van der Waals surface area contributed by atoms with Crippen molar-refractivity contribution in [2.24, 2.45) is 4.99 Å². The molecule has 0 amide bonds. The van der Waals surface area contributed by atoms with Gasteiger partial charge in [-0.3, -0.25) is 9.39 Å². The second-order valence-corrected chi connectivity index (χ2v) is 5.73. The van der Waals surface area contributed by atoms with Gasteiger partial charge in [0.15, 0.2) is 11.6 Å². The fourth-order valence-corrected chi connectivity index (χ4v) is 2.51.